The van der Waals surface area contributed by atoms with Crippen molar-refractivity contribution >= 4 is 22.8 Å². The highest BCUT2D eigenvalue weighted by Gasteiger charge is 2.30. The number of anilines is 2. The van der Waals surface area contributed by atoms with Gasteiger partial charge in [-0.2, -0.15) is 9.97 Å². The Balaban J connectivity index is 1.36. The maximum absolute atomic E-state index is 6.01. The fourth-order valence-corrected chi connectivity index (χ4v) is 6.51. The number of terminal acetylenes is 1. The van der Waals surface area contributed by atoms with E-state index >= 15 is 0 Å². The minimum Gasteiger partial charge on any atom is -0.496 e. The Bertz CT molecular complexity index is 1430. The lowest BCUT2D eigenvalue weighted by atomic mass is 9.82. The number of nitrogens with one attached hydrogen (secondary N) is 1. The third-order valence-corrected chi connectivity index (χ3v) is 8.72. The maximum Gasteiger partial charge on any atom is 0.229 e. The van der Waals surface area contributed by atoms with Crippen LogP contribution in [-0.4, -0.2) is 79.2 Å². The topological polar surface area (TPSA) is 84.9 Å². The summed E-state index contributed by atoms with van der Waals surface area (Å²) in [5, 5.41) is 4.64. The van der Waals surface area contributed by atoms with Gasteiger partial charge >= 0.3 is 0 Å². The average Bonchev–Trinajstić information content (AvgIpc) is 3.03. The zero-order valence-corrected chi connectivity index (χ0v) is 25.1. The number of pyridine rings is 1. The minimum atomic E-state index is -0.252. The molecule has 1 aromatic carbocycles. The second-order valence-corrected chi connectivity index (χ2v) is 11.8. The van der Waals surface area contributed by atoms with Crippen LogP contribution < -0.4 is 19.9 Å². The number of methoxy groups -OCH3 is 1. The first-order valence-electron chi connectivity index (χ1n) is 15.3. The fourth-order valence-electron chi connectivity index (χ4n) is 6.51. The summed E-state index contributed by atoms with van der Waals surface area (Å²) in [5.74, 6) is 5.51. The molecular weight excluding hydrogens is 528 g/mol. The lowest BCUT2D eigenvalue weighted by Gasteiger charge is -2.36. The van der Waals surface area contributed by atoms with Gasteiger partial charge in [-0.15, -0.1) is 6.42 Å². The van der Waals surface area contributed by atoms with Crippen molar-refractivity contribution in [2.24, 2.45) is 0 Å². The van der Waals surface area contributed by atoms with Gasteiger partial charge in [0.25, 0.3) is 0 Å². The van der Waals surface area contributed by atoms with Crippen molar-refractivity contribution in [2.45, 2.75) is 70.2 Å². The highest BCUT2D eigenvalue weighted by atomic mass is 16.5. The molecule has 2 aliphatic heterocycles. The van der Waals surface area contributed by atoms with Gasteiger partial charge in [0.2, 0.25) is 5.95 Å². The Labute approximate surface area is 249 Å². The number of morpholine rings is 2. The number of nitrogens with zero attached hydrogens (tertiary/aromatic N) is 5. The molecule has 3 aromatic rings. The molecule has 2 atom stereocenters. The monoisotopic (exact) mass is 570 g/mol. The van der Waals surface area contributed by atoms with Crippen molar-refractivity contribution in [3.05, 3.63) is 35.9 Å². The first kappa shape index (κ1) is 28.7. The summed E-state index contributed by atoms with van der Waals surface area (Å²) in [7, 11) is 1.71. The number of rotatable bonds is 7. The van der Waals surface area contributed by atoms with Gasteiger partial charge in [-0.25, -0.2) is 4.98 Å². The molecule has 0 amide bonds. The van der Waals surface area contributed by atoms with Gasteiger partial charge in [0.1, 0.15) is 11.6 Å². The van der Waals surface area contributed by atoms with Crippen LogP contribution >= 0.6 is 0 Å². The van der Waals surface area contributed by atoms with Crippen molar-refractivity contribution in [2.75, 3.05) is 56.3 Å². The lowest BCUT2D eigenvalue weighted by Crippen LogP contribution is -2.46. The van der Waals surface area contributed by atoms with Crippen LogP contribution in [-0.2, 0) is 16.0 Å². The molecular formula is C33H42N6O3. The predicted molar refractivity (Wildman–Crippen MR) is 166 cm³/mol. The standard InChI is InChI=1S/C33H42N6O3/c1-5-33(13-7-6-8-14-33)34-20-26-19-25(9-12-29(26)40-4)28-11-10-27-30(35-28)36-32(39-21-23(2)42-24(3)22-39)37-31(27)38-15-17-41-18-16-38/h1,9-12,19,23-24,34H,6-8,13-18,20-22H2,2-4H3. The number of aromatic nitrogens is 3. The van der Waals surface area contributed by atoms with E-state index in [1.54, 1.807) is 7.11 Å². The quantitative estimate of drug-likeness (QED) is 0.411. The zero-order valence-electron chi connectivity index (χ0n) is 25.1. The third kappa shape index (κ3) is 6.03. The predicted octanol–water partition coefficient (Wildman–Crippen LogP) is 4.58. The molecule has 42 heavy (non-hydrogen) atoms. The molecule has 4 heterocycles. The summed E-state index contributed by atoms with van der Waals surface area (Å²) < 4.78 is 17.3. The van der Waals surface area contributed by atoms with Crippen molar-refractivity contribution in [3.63, 3.8) is 0 Å². The van der Waals surface area contributed by atoms with E-state index in [4.69, 9.17) is 35.6 Å². The number of fused-ring (bicyclic) bond motifs is 1. The van der Waals surface area contributed by atoms with Gasteiger partial charge in [0, 0.05) is 43.9 Å². The van der Waals surface area contributed by atoms with Crippen LogP contribution in [0.3, 0.4) is 0 Å². The van der Waals surface area contributed by atoms with Gasteiger partial charge < -0.3 is 24.0 Å². The average molecular weight is 571 g/mol. The summed E-state index contributed by atoms with van der Waals surface area (Å²) in [6.45, 7) is 9.25. The van der Waals surface area contributed by atoms with Crippen LogP contribution in [0, 0.1) is 12.3 Å². The van der Waals surface area contributed by atoms with Crippen molar-refractivity contribution in [1.82, 2.24) is 20.3 Å². The Hall–Kier alpha value is -3.45. The van der Waals surface area contributed by atoms with E-state index in [2.05, 4.69) is 59.1 Å². The highest BCUT2D eigenvalue weighted by molar-refractivity contribution is 5.90. The number of ether oxygens (including phenoxy) is 3. The first-order chi connectivity index (χ1) is 20.5. The zero-order chi connectivity index (χ0) is 29.1. The molecule has 222 valence electrons. The number of hydrogen-bond acceptors (Lipinski definition) is 9. The van der Waals surface area contributed by atoms with E-state index in [1.165, 1.54) is 6.42 Å². The maximum atomic E-state index is 6.01. The SMILES string of the molecule is C#CC1(NCc2cc(-c3ccc4c(N5CCOCC5)nc(N5CC(C)OC(C)C5)nc4n3)ccc2OC)CCCCC1. The molecule has 3 aliphatic rings. The molecule has 1 N–H and O–H groups in total. The van der Waals surface area contributed by atoms with E-state index in [1.807, 2.05) is 6.07 Å². The van der Waals surface area contributed by atoms with E-state index < -0.39 is 0 Å². The van der Waals surface area contributed by atoms with Crippen LogP contribution in [0.25, 0.3) is 22.3 Å². The lowest BCUT2D eigenvalue weighted by molar-refractivity contribution is -0.00570. The molecule has 9 nitrogen and oxygen atoms in total. The molecule has 6 rings (SSSR count). The largest absolute Gasteiger partial charge is 0.496 e. The highest BCUT2D eigenvalue weighted by Crippen LogP contribution is 2.33. The van der Waals surface area contributed by atoms with E-state index in [9.17, 15) is 0 Å². The van der Waals surface area contributed by atoms with E-state index in [0.29, 0.717) is 31.4 Å². The van der Waals surface area contributed by atoms with Crippen molar-refractivity contribution in [1.29, 1.82) is 0 Å². The summed E-state index contributed by atoms with van der Waals surface area (Å²) >= 11 is 0. The molecule has 1 aliphatic carbocycles. The van der Waals surface area contributed by atoms with Crippen molar-refractivity contribution in [3.8, 4) is 29.4 Å². The molecule has 1 saturated carbocycles. The van der Waals surface area contributed by atoms with Crippen LogP contribution in [0.1, 0.15) is 51.5 Å². The second kappa shape index (κ2) is 12.4. The Morgan fingerprint density at radius 3 is 2.48 bits per heavy atom. The third-order valence-electron chi connectivity index (χ3n) is 8.72. The summed E-state index contributed by atoms with van der Waals surface area (Å²) in [5.41, 5.74) is 3.37. The van der Waals surface area contributed by atoms with Crippen molar-refractivity contribution < 1.29 is 14.2 Å². The van der Waals surface area contributed by atoms with Gasteiger partial charge in [0.05, 0.1) is 49.2 Å². The molecule has 0 bridgehead atoms. The Morgan fingerprint density at radius 1 is 1.00 bits per heavy atom. The molecule has 0 spiro atoms. The summed E-state index contributed by atoms with van der Waals surface area (Å²) in [6.07, 6.45) is 11.8. The van der Waals surface area contributed by atoms with E-state index in [0.717, 1.165) is 85.6 Å². The number of hydrogen-bond donors (Lipinski definition) is 1. The smallest absolute Gasteiger partial charge is 0.229 e. The first-order valence-corrected chi connectivity index (χ1v) is 15.3. The molecule has 9 heteroatoms. The molecule has 3 fully saturated rings. The van der Waals surface area contributed by atoms with Gasteiger partial charge in [-0.05, 0) is 57.0 Å². The minimum absolute atomic E-state index is 0.104. The van der Waals surface area contributed by atoms with Crippen LogP contribution in [0.2, 0.25) is 0 Å². The Kier molecular flexibility index (Phi) is 8.48. The molecule has 2 saturated heterocycles. The van der Waals surface area contributed by atoms with Gasteiger partial charge in [0.15, 0.2) is 5.65 Å². The molecule has 0 radical (unpaired) electrons. The molecule has 2 unspecified atom stereocenters. The normalized spacial score (nSPS) is 22.6. The summed E-state index contributed by atoms with van der Waals surface area (Å²) in [6, 6.07) is 10.4. The summed E-state index contributed by atoms with van der Waals surface area (Å²) in [4.78, 5) is 19.7. The Morgan fingerprint density at radius 2 is 1.76 bits per heavy atom. The number of benzene rings is 1. The van der Waals surface area contributed by atoms with Crippen LogP contribution in [0.15, 0.2) is 30.3 Å². The fraction of sp³-hybridized carbons (Fsp3) is 0.545. The van der Waals surface area contributed by atoms with Gasteiger partial charge in [-0.3, -0.25) is 5.32 Å². The second-order valence-electron chi connectivity index (χ2n) is 11.8. The van der Waals surface area contributed by atoms with Gasteiger partial charge in [-0.1, -0.05) is 25.2 Å². The van der Waals surface area contributed by atoms with E-state index in [-0.39, 0.29) is 17.7 Å². The van der Waals surface area contributed by atoms with Crippen LogP contribution in [0.4, 0.5) is 11.8 Å². The molecule has 2 aromatic heterocycles. The van der Waals surface area contributed by atoms with Crippen LogP contribution in [0.5, 0.6) is 5.75 Å².